The lowest BCUT2D eigenvalue weighted by molar-refractivity contribution is -0.123. The van der Waals surface area contributed by atoms with Crippen molar-refractivity contribution in [3.8, 4) is 0 Å². The van der Waals surface area contributed by atoms with E-state index in [1.54, 1.807) is 0 Å². The van der Waals surface area contributed by atoms with E-state index in [1.807, 2.05) is 25.1 Å². The third-order valence-corrected chi connectivity index (χ3v) is 3.08. The SMILES string of the molecule is C[C@@H](Cc1ccccc1)NC(=O)[C@@H](N)CCCCN.Cl.Cl. The summed E-state index contributed by atoms with van der Waals surface area (Å²) in [6.45, 7) is 2.65. The van der Waals surface area contributed by atoms with E-state index >= 15 is 0 Å². The van der Waals surface area contributed by atoms with Gasteiger partial charge in [-0.15, -0.1) is 24.8 Å². The van der Waals surface area contributed by atoms with Gasteiger partial charge in [0.1, 0.15) is 0 Å². The second kappa shape index (κ2) is 12.9. The Bertz CT molecular complexity index is 376. The molecule has 0 saturated carbocycles. The predicted molar refractivity (Wildman–Crippen MR) is 93.1 cm³/mol. The molecule has 0 unspecified atom stereocenters. The molecule has 1 aromatic rings. The zero-order valence-electron chi connectivity index (χ0n) is 12.5. The number of amides is 1. The lowest BCUT2D eigenvalue weighted by Gasteiger charge is -2.17. The van der Waals surface area contributed by atoms with E-state index in [9.17, 15) is 4.79 Å². The standard InChI is InChI=1S/C15H25N3O.2ClH/c1-12(11-13-7-3-2-4-8-13)18-15(19)14(17)9-5-6-10-16;;/h2-4,7-8,12,14H,5-6,9-11,16-17H2,1H3,(H,18,19);2*1H/t12-,14-;;/m0../s1. The Morgan fingerprint density at radius 1 is 1.19 bits per heavy atom. The van der Waals surface area contributed by atoms with Gasteiger partial charge in [0.25, 0.3) is 0 Å². The van der Waals surface area contributed by atoms with E-state index in [0.29, 0.717) is 13.0 Å². The topological polar surface area (TPSA) is 81.1 Å². The molecule has 6 heteroatoms. The highest BCUT2D eigenvalue weighted by atomic mass is 35.5. The summed E-state index contributed by atoms with van der Waals surface area (Å²) in [6, 6.07) is 9.78. The third-order valence-electron chi connectivity index (χ3n) is 3.08. The van der Waals surface area contributed by atoms with Gasteiger partial charge in [-0.3, -0.25) is 4.79 Å². The molecule has 0 aromatic heterocycles. The summed E-state index contributed by atoms with van der Waals surface area (Å²) in [7, 11) is 0. The maximum atomic E-state index is 11.9. The molecule has 0 bridgehead atoms. The molecule has 0 aliphatic heterocycles. The quantitative estimate of drug-likeness (QED) is 0.636. The van der Waals surface area contributed by atoms with E-state index in [2.05, 4.69) is 17.4 Å². The van der Waals surface area contributed by atoms with Crippen LogP contribution < -0.4 is 16.8 Å². The van der Waals surface area contributed by atoms with Gasteiger partial charge in [0.05, 0.1) is 6.04 Å². The van der Waals surface area contributed by atoms with E-state index in [0.717, 1.165) is 19.3 Å². The van der Waals surface area contributed by atoms with Gasteiger partial charge in [-0.05, 0) is 38.3 Å². The van der Waals surface area contributed by atoms with Crippen LogP contribution in [0.4, 0.5) is 0 Å². The molecule has 5 N–H and O–H groups in total. The van der Waals surface area contributed by atoms with E-state index in [4.69, 9.17) is 11.5 Å². The number of unbranched alkanes of at least 4 members (excludes halogenated alkanes) is 1. The number of carbonyl (C=O) groups is 1. The lowest BCUT2D eigenvalue weighted by Crippen LogP contribution is -2.45. The largest absolute Gasteiger partial charge is 0.352 e. The van der Waals surface area contributed by atoms with Crippen LogP contribution >= 0.6 is 24.8 Å². The Balaban J connectivity index is 0. The first-order chi connectivity index (χ1) is 9.13. The predicted octanol–water partition coefficient (Wildman–Crippen LogP) is 2.03. The highest BCUT2D eigenvalue weighted by Gasteiger charge is 2.15. The molecule has 122 valence electrons. The molecular weight excluding hydrogens is 309 g/mol. The number of nitrogens with one attached hydrogen (secondary N) is 1. The number of nitrogens with two attached hydrogens (primary N) is 2. The lowest BCUT2D eigenvalue weighted by atomic mass is 10.1. The molecule has 0 saturated heterocycles. The zero-order valence-corrected chi connectivity index (χ0v) is 14.1. The second-order valence-electron chi connectivity index (χ2n) is 4.99. The Kier molecular flexibility index (Phi) is 13.8. The van der Waals surface area contributed by atoms with Crippen LogP contribution in [0.2, 0.25) is 0 Å². The molecule has 0 heterocycles. The molecule has 2 atom stereocenters. The fourth-order valence-electron chi connectivity index (χ4n) is 2.01. The fraction of sp³-hybridized carbons (Fsp3) is 0.533. The number of benzene rings is 1. The molecule has 0 radical (unpaired) electrons. The van der Waals surface area contributed by atoms with Crippen molar-refractivity contribution in [3.63, 3.8) is 0 Å². The number of hydrogen-bond donors (Lipinski definition) is 3. The van der Waals surface area contributed by atoms with Crippen LogP contribution in [0, 0.1) is 0 Å². The fourth-order valence-corrected chi connectivity index (χ4v) is 2.01. The highest BCUT2D eigenvalue weighted by Crippen LogP contribution is 2.04. The van der Waals surface area contributed by atoms with Crippen molar-refractivity contribution >= 4 is 30.7 Å². The molecule has 0 fully saturated rings. The highest BCUT2D eigenvalue weighted by molar-refractivity contribution is 5.85. The van der Waals surface area contributed by atoms with Crippen LogP contribution in [0.3, 0.4) is 0 Å². The maximum Gasteiger partial charge on any atom is 0.237 e. The molecule has 4 nitrogen and oxygen atoms in total. The normalized spacial score (nSPS) is 12.5. The van der Waals surface area contributed by atoms with Crippen LogP contribution in [0.1, 0.15) is 31.7 Å². The van der Waals surface area contributed by atoms with Gasteiger partial charge in [0.2, 0.25) is 5.91 Å². The van der Waals surface area contributed by atoms with Gasteiger partial charge < -0.3 is 16.8 Å². The summed E-state index contributed by atoms with van der Waals surface area (Å²) >= 11 is 0. The van der Waals surface area contributed by atoms with Crippen molar-refractivity contribution < 1.29 is 4.79 Å². The molecular formula is C15H27Cl2N3O. The van der Waals surface area contributed by atoms with Gasteiger partial charge in [0, 0.05) is 6.04 Å². The van der Waals surface area contributed by atoms with Gasteiger partial charge in [-0.25, -0.2) is 0 Å². The smallest absolute Gasteiger partial charge is 0.237 e. The molecule has 1 rings (SSSR count). The Labute approximate surface area is 139 Å². The van der Waals surface area contributed by atoms with Crippen LogP contribution in [-0.2, 0) is 11.2 Å². The van der Waals surface area contributed by atoms with Crippen molar-refractivity contribution in [2.75, 3.05) is 6.54 Å². The summed E-state index contributed by atoms with van der Waals surface area (Å²) < 4.78 is 0. The summed E-state index contributed by atoms with van der Waals surface area (Å²) in [5.74, 6) is -0.0690. The minimum absolute atomic E-state index is 0. The Morgan fingerprint density at radius 2 is 1.81 bits per heavy atom. The number of rotatable bonds is 8. The molecule has 0 spiro atoms. The molecule has 0 aliphatic rings. The second-order valence-corrected chi connectivity index (χ2v) is 4.99. The van der Waals surface area contributed by atoms with Crippen LogP contribution in [0.5, 0.6) is 0 Å². The average molecular weight is 336 g/mol. The summed E-state index contributed by atoms with van der Waals surface area (Å²) in [5.41, 5.74) is 12.5. The van der Waals surface area contributed by atoms with Crippen LogP contribution in [0.15, 0.2) is 30.3 Å². The van der Waals surface area contributed by atoms with Crippen molar-refractivity contribution in [3.05, 3.63) is 35.9 Å². The van der Waals surface area contributed by atoms with Crippen molar-refractivity contribution in [1.82, 2.24) is 5.32 Å². The Hall–Kier alpha value is -0.810. The minimum atomic E-state index is -0.426. The first kappa shape index (κ1) is 22.5. The van der Waals surface area contributed by atoms with E-state index in [-0.39, 0.29) is 36.8 Å². The maximum absolute atomic E-state index is 11.9. The van der Waals surface area contributed by atoms with Crippen molar-refractivity contribution in [2.45, 2.75) is 44.7 Å². The van der Waals surface area contributed by atoms with Gasteiger partial charge in [0.15, 0.2) is 0 Å². The van der Waals surface area contributed by atoms with Gasteiger partial charge in [-0.2, -0.15) is 0 Å². The van der Waals surface area contributed by atoms with Gasteiger partial charge >= 0.3 is 0 Å². The molecule has 1 aromatic carbocycles. The minimum Gasteiger partial charge on any atom is -0.352 e. The summed E-state index contributed by atoms with van der Waals surface area (Å²) in [5, 5.41) is 2.96. The molecule has 1 amide bonds. The average Bonchev–Trinajstić information content (AvgIpc) is 2.39. The van der Waals surface area contributed by atoms with Crippen LogP contribution in [-0.4, -0.2) is 24.5 Å². The molecule has 21 heavy (non-hydrogen) atoms. The zero-order chi connectivity index (χ0) is 14.1. The van der Waals surface area contributed by atoms with E-state index in [1.165, 1.54) is 5.56 Å². The summed E-state index contributed by atoms with van der Waals surface area (Å²) in [4.78, 5) is 11.9. The number of hydrogen-bond acceptors (Lipinski definition) is 3. The first-order valence-corrected chi connectivity index (χ1v) is 6.93. The number of halogens is 2. The van der Waals surface area contributed by atoms with Crippen LogP contribution in [0.25, 0.3) is 0 Å². The van der Waals surface area contributed by atoms with E-state index < -0.39 is 6.04 Å². The van der Waals surface area contributed by atoms with Crippen molar-refractivity contribution in [2.24, 2.45) is 11.5 Å². The van der Waals surface area contributed by atoms with Gasteiger partial charge in [-0.1, -0.05) is 36.8 Å². The number of carbonyl (C=O) groups excluding carboxylic acids is 1. The monoisotopic (exact) mass is 335 g/mol. The third kappa shape index (κ3) is 9.69. The van der Waals surface area contributed by atoms with Crippen molar-refractivity contribution in [1.29, 1.82) is 0 Å². The summed E-state index contributed by atoms with van der Waals surface area (Å²) in [6.07, 6.45) is 3.34. The Morgan fingerprint density at radius 3 is 2.38 bits per heavy atom. The molecule has 0 aliphatic carbocycles. The first-order valence-electron chi connectivity index (χ1n) is 6.93.